The zero-order valence-electron chi connectivity index (χ0n) is 21.2. The van der Waals surface area contributed by atoms with E-state index in [1.807, 2.05) is 50.2 Å². The molecule has 38 heavy (non-hydrogen) atoms. The molecule has 0 saturated carbocycles. The van der Waals surface area contributed by atoms with Crippen molar-refractivity contribution >= 4 is 50.5 Å². The van der Waals surface area contributed by atoms with E-state index in [4.69, 9.17) is 19.2 Å². The average molecular weight is 600 g/mol. The lowest BCUT2D eigenvalue weighted by Gasteiger charge is -2.15. The highest BCUT2D eigenvalue weighted by Crippen LogP contribution is 2.39. The van der Waals surface area contributed by atoms with E-state index in [1.165, 1.54) is 17.8 Å². The van der Waals surface area contributed by atoms with Crippen LogP contribution in [0, 0.1) is 5.82 Å². The van der Waals surface area contributed by atoms with Gasteiger partial charge in [-0.15, -0.1) is 0 Å². The van der Waals surface area contributed by atoms with E-state index in [2.05, 4.69) is 15.9 Å². The zero-order chi connectivity index (χ0) is 26.9. The molecule has 1 saturated heterocycles. The Morgan fingerprint density at radius 2 is 1.74 bits per heavy atom. The smallest absolute Gasteiger partial charge is 0.266 e. The third-order valence-electron chi connectivity index (χ3n) is 5.52. The fraction of sp³-hybridized carbons (Fsp3) is 0.241. The zero-order valence-corrected chi connectivity index (χ0v) is 23.6. The lowest BCUT2D eigenvalue weighted by Crippen LogP contribution is -2.32. The maximum Gasteiger partial charge on any atom is 0.266 e. The minimum Gasteiger partial charge on any atom is -0.490 e. The Labute approximate surface area is 234 Å². The Kier molecular flexibility index (Phi) is 9.98. The molecule has 0 aliphatic carbocycles. The van der Waals surface area contributed by atoms with Gasteiger partial charge in [0.15, 0.2) is 16.7 Å². The van der Waals surface area contributed by atoms with Crippen molar-refractivity contribution in [2.75, 3.05) is 26.4 Å². The molecule has 0 radical (unpaired) electrons. The van der Waals surface area contributed by atoms with Crippen LogP contribution in [-0.4, -0.2) is 42.3 Å². The molecule has 3 aromatic rings. The van der Waals surface area contributed by atoms with Gasteiger partial charge in [-0.1, -0.05) is 52.3 Å². The number of halogens is 2. The Hall–Kier alpha value is -3.14. The van der Waals surface area contributed by atoms with E-state index < -0.39 is 0 Å². The number of benzene rings is 3. The summed E-state index contributed by atoms with van der Waals surface area (Å²) in [5, 5.41) is 0.596. The summed E-state index contributed by atoms with van der Waals surface area (Å²) in [7, 11) is 0. The molecule has 0 N–H and O–H groups in total. The summed E-state index contributed by atoms with van der Waals surface area (Å²) < 4.78 is 32.0. The molecule has 4 rings (SSSR count). The van der Waals surface area contributed by atoms with Crippen molar-refractivity contribution < 1.29 is 23.4 Å². The summed E-state index contributed by atoms with van der Waals surface area (Å²) in [4.78, 5) is 20.3. The van der Waals surface area contributed by atoms with Gasteiger partial charge in [-0.05, 0) is 67.6 Å². The fourth-order valence-corrected chi connectivity index (χ4v) is 5.11. The van der Waals surface area contributed by atoms with Crippen LogP contribution in [0.5, 0.6) is 11.5 Å². The van der Waals surface area contributed by atoms with E-state index in [1.54, 1.807) is 35.2 Å². The number of hydrogen-bond acceptors (Lipinski definition) is 6. The molecule has 1 aliphatic heterocycles. The molecule has 1 heterocycles. The predicted octanol–water partition coefficient (Wildman–Crippen LogP) is 7.21. The Morgan fingerprint density at radius 1 is 1.00 bits per heavy atom. The summed E-state index contributed by atoms with van der Waals surface area (Å²) in [5.41, 5.74) is 1.96. The van der Waals surface area contributed by atoms with Crippen LogP contribution in [0.2, 0.25) is 0 Å². The van der Waals surface area contributed by atoms with E-state index in [-0.39, 0.29) is 18.3 Å². The van der Waals surface area contributed by atoms with Crippen molar-refractivity contribution in [3.63, 3.8) is 0 Å². The molecule has 198 valence electrons. The van der Waals surface area contributed by atoms with Crippen LogP contribution in [0.1, 0.15) is 25.0 Å². The van der Waals surface area contributed by atoms with Crippen molar-refractivity contribution in [2.45, 2.75) is 20.5 Å². The van der Waals surface area contributed by atoms with Gasteiger partial charge in [0.25, 0.3) is 5.91 Å². The molecule has 1 amide bonds. The van der Waals surface area contributed by atoms with Crippen LogP contribution in [0.15, 0.2) is 81.1 Å². The number of carbonyl (C=O) groups is 1. The van der Waals surface area contributed by atoms with Gasteiger partial charge >= 0.3 is 0 Å². The standard InChI is InChI=1S/C29H28BrFN2O4S/c1-3-35-15-14-33-28(34)27(38-29(33)32-22-11-6-5-7-12-22)17-21-16-25(36-4-2)26(18-23(21)30)37-19-20-10-8-9-13-24(20)31/h5-13,16-18H,3-4,14-15,19H2,1-2H3/b27-17-,32-29?. The van der Waals surface area contributed by atoms with E-state index in [0.717, 1.165) is 11.3 Å². The van der Waals surface area contributed by atoms with Crippen LogP contribution in [0.3, 0.4) is 0 Å². The van der Waals surface area contributed by atoms with Crippen LogP contribution in [0.4, 0.5) is 10.1 Å². The minimum atomic E-state index is -0.329. The third-order valence-corrected chi connectivity index (χ3v) is 7.22. The highest BCUT2D eigenvalue weighted by Gasteiger charge is 2.33. The van der Waals surface area contributed by atoms with Gasteiger partial charge in [0.1, 0.15) is 12.4 Å². The Bertz CT molecular complexity index is 1330. The first kappa shape index (κ1) is 27.9. The van der Waals surface area contributed by atoms with Crippen LogP contribution < -0.4 is 9.47 Å². The number of carbonyl (C=O) groups excluding carboxylic acids is 1. The summed E-state index contributed by atoms with van der Waals surface area (Å²) in [5.74, 6) is 0.499. The summed E-state index contributed by atoms with van der Waals surface area (Å²) in [6.45, 7) is 5.65. The van der Waals surface area contributed by atoms with E-state index in [0.29, 0.717) is 58.0 Å². The molecule has 1 fully saturated rings. The number of ether oxygens (including phenoxy) is 3. The van der Waals surface area contributed by atoms with Gasteiger partial charge < -0.3 is 14.2 Å². The summed E-state index contributed by atoms with van der Waals surface area (Å²) in [6, 6.07) is 19.6. The number of amides is 1. The molecule has 0 bridgehead atoms. The van der Waals surface area contributed by atoms with Gasteiger partial charge in [0.2, 0.25) is 0 Å². The number of thioether (sulfide) groups is 1. The molecule has 0 spiro atoms. The van der Waals surface area contributed by atoms with E-state index in [9.17, 15) is 9.18 Å². The first-order valence-electron chi connectivity index (χ1n) is 12.3. The first-order valence-corrected chi connectivity index (χ1v) is 13.9. The third kappa shape index (κ3) is 7.03. The largest absolute Gasteiger partial charge is 0.490 e. The van der Waals surface area contributed by atoms with Crippen LogP contribution in [-0.2, 0) is 16.1 Å². The number of nitrogens with zero attached hydrogens (tertiary/aromatic N) is 2. The fourth-order valence-electron chi connectivity index (χ4n) is 3.66. The number of para-hydroxylation sites is 1. The molecule has 0 unspecified atom stereocenters. The number of aliphatic imine (C=N–C) groups is 1. The van der Waals surface area contributed by atoms with Crippen molar-refractivity contribution in [2.24, 2.45) is 4.99 Å². The first-order chi connectivity index (χ1) is 18.5. The molecule has 3 aromatic carbocycles. The molecular formula is C29H28BrFN2O4S. The normalized spacial score (nSPS) is 15.5. The highest BCUT2D eigenvalue weighted by atomic mass is 79.9. The second kappa shape index (κ2) is 13.6. The van der Waals surface area contributed by atoms with Gasteiger partial charge in [-0.25, -0.2) is 9.38 Å². The van der Waals surface area contributed by atoms with E-state index >= 15 is 0 Å². The quantitative estimate of drug-likeness (QED) is 0.172. The number of rotatable bonds is 11. The Balaban J connectivity index is 1.62. The maximum atomic E-state index is 14.1. The Morgan fingerprint density at radius 3 is 2.47 bits per heavy atom. The molecule has 0 aromatic heterocycles. The molecule has 6 nitrogen and oxygen atoms in total. The topological polar surface area (TPSA) is 60.4 Å². The summed E-state index contributed by atoms with van der Waals surface area (Å²) >= 11 is 4.91. The number of amidine groups is 1. The van der Waals surface area contributed by atoms with Gasteiger partial charge in [0, 0.05) is 16.6 Å². The molecule has 1 aliphatic rings. The van der Waals surface area contributed by atoms with Crippen molar-refractivity contribution in [1.29, 1.82) is 0 Å². The SMILES string of the molecule is CCOCCN1C(=O)/C(=C/c2cc(OCC)c(OCc3ccccc3F)cc2Br)SC1=Nc1ccccc1. The van der Waals surface area contributed by atoms with Crippen molar-refractivity contribution in [3.05, 3.63) is 93.1 Å². The minimum absolute atomic E-state index is 0.0576. The van der Waals surface area contributed by atoms with Gasteiger partial charge in [0.05, 0.1) is 30.4 Å². The van der Waals surface area contributed by atoms with Crippen molar-refractivity contribution in [1.82, 2.24) is 4.90 Å². The second-order valence-electron chi connectivity index (χ2n) is 8.13. The molecule has 0 atom stereocenters. The van der Waals surface area contributed by atoms with Crippen molar-refractivity contribution in [3.8, 4) is 11.5 Å². The molecule has 9 heteroatoms. The average Bonchev–Trinajstić information content (AvgIpc) is 3.20. The highest BCUT2D eigenvalue weighted by molar-refractivity contribution is 9.10. The van der Waals surface area contributed by atoms with Gasteiger partial charge in [-0.2, -0.15) is 0 Å². The predicted molar refractivity (Wildman–Crippen MR) is 153 cm³/mol. The second-order valence-corrected chi connectivity index (χ2v) is 9.99. The maximum absolute atomic E-state index is 14.1. The van der Waals surface area contributed by atoms with Gasteiger partial charge in [-0.3, -0.25) is 9.69 Å². The molecular weight excluding hydrogens is 571 g/mol. The summed E-state index contributed by atoms with van der Waals surface area (Å²) in [6.07, 6.45) is 1.81. The lowest BCUT2D eigenvalue weighted by molar-refractivity contribution is -0.122. The lowest BCUT2D eigenvalue weighted by atomic mass is 10.1. The number of hydrogen-bond donors (Lipinski definition) is 0. The van der Waals surface area contributed by atoms with Crippen LogP contribution >= 0.6 is 27.7 Å². The monoisotopic (exact) mass is 598 g/mol. The van der Waals surface area contributed by atoms with Crippen LogP contribution in [0.25, 0.3) is 6.08 Å².